The number of nitrogens with zero attached hydrogens (tertiary/aromatic N) is 4. The second kappa shape index (κ2) is 8.31. The smallest absolute Gasteiger partial charge is 0.246 e. The maximum Gasteiger partial charge on any atom is 0.246 e. The summed E-state index contributed by atoms with van der Waals surface area (Å²) in [6.45, 7) is 4.76. The lowest BCUT2D eigenvalue weighted by Gasteiger charge is -2.26. The highest BCUT2D eigenvalue weighted by Gasteiger charge is 2.28. The van der Waals surface area contributed by atoms with Gasteiger partial charge in [0.15, 0.2) is 11.6 Å². The number of amides is 2. The Bertz CT molecular complexity index is 826. The van der Waals surface area contributed by atoms with Crippen molar-refractivity contribution in [3.05, 3.63) is 49.3 Å². The highest BCUT2D eigenvalue weighted by atomic mass is 16.2. The van der Waals surface area contributed by atoms with E-state index in [4.69, 9.17) is 5.73 Å². The fraction of sp³-hybridized carbons (Fsp3) is 0.263. The predicted octanol–water partition coefficient (Wildman–Crippen LogP) is 1.94. The van der Waals surface area contributed by atoms with Crippen LogP contribution in [0.15, 0.2) is 49.3 Å². The third-order valence-electron chi connectivity index (χ3n) is 4.57. The second-order valence-corrected chi connectivity index (χ2v) is 6.18. The first kappa shape index (κ1) is 18.4. The number of rotatable bonds is 7. The number of likely N-dealkylation sites (tertiary alicyclic amines) is 1. The van der Waals surface area contributed by atoms with E-state index >= 15 is 0 Å². The lowest BCUT2D eigenvalue weighted by Crippen LogP contribution is -2.38. The van der Waals surface area contributed by atoms with Gasteiger partial charge >= 0.3 is 0 Å². The second-order valence-electron chi connectivity index (χ2n) is 6.18. The van der Waals surface area contributed by atoms with Crippen molar-refractivity contribution in [2.75, 3.05) is 29.0 Å². The highest BCUT2D eigenvalue weighted by molar-refractivity contribution is 5.95. The molecule has 27 heavy (non-hydrogen) atoms. The molecule has 2 amide bonds. The Kier molecular flexibility index (Phi) is 5.65. The van der Waals surface area contributed by atoms with Crippen LogP contribution in [0.5, 0.6) is 0 Å². The number of nitrogens with one attached hydrogen (secondary N) is 1. The normalized spacial score (nSPS) is 16.0. The minimum atomic E-state index is -0.0828. The minimum Gasteiger partial charge on any atom is -0.382 e. The van der Waals surface area contributed by atoms with E-state index in [1.54, 1.807) is 17.0 Å². The largest absolute Gasteiger partial charge is 0.382 e. The van der Waals surface area contributed by atoms with E-state index in [1.165, 1.54) is 17.3 Å². The number of carbonyl (C=O) groups excluding carboxylic acids is 2. The SMILES string of the molecule is C=CC(=O)N1CCC[C@H]1CNc1ncnc(N)c1N(C=O)c1ccccc1. The van der Waals surface area contributed by atoms with E-state index < -0.39 is 0 Å². The molecule has 0 spiro atoms. The van der Waals surface area contributed by atoms with Crippen molar-refractivity contribution in [2.45, 2.75) is 18.9 Å². The van der Waals surface area contributed by atoms with Gasteiger partial charge in [-0.25, -0.2) is 9.97 Å². The van der Waals surface area contributed by atoms with Crippen LogP contribution in [0.25, 0.3) is 0 Å². The summed E-state index contributed by atoms with van der Waals surface area (Å²) in [5.41, 5.74) is 7.09. The molecular weight excluding hydrogens is 344 g/mol. The molecule has 1 atom stereocenters. The first-order chi connectivity index (χ1) is 13.2. The number of nitrogen functional groups attached to an aromatic ring is 1. The van der Waals surface area contributed by atoms with Crippen LogP contribution >= 0.6 is 0 Å². The molecule has 140 valence electrons. The Morgan fingerprint density at radius 2 is 2.15 bits per heavy atom. The standard InChI is InChI=1S/C19H22N6O2/c1-2-16(27)24-10-6-9-15(24)11-21-19-17(18(20)22-12-23-19)25(13-26)14-7-4-3-5-8-14/h2-5,7-8,12-13,15H,1,6,9-11H2,(H3,20,21,22,23)/t15-/m0/s1. The Labute approximate surface area is 157 Å². The van der Waals surface area contributed by atoms with Crippen molar-refractivity contribution in [3.63, 3.8) is 0 Å². The van der Waals surface area contributed by atoms with Crippen LogP contribution in [0.3, 0.4) is 0 Å². The van der Waals surface area contributed by atoms with Crippen molar-refractivity contribution in [1.29, 1.82) is 0 Å². The zero-order valence-electron chi connectivity index (χ0n) is 14.9. The van der Waals surface area contributed by atoms with E-state index in [1.807, 2.05) is 18.2 Å². The summed E-state index contributed by atoms with van der Waals surface area (Å²) < 4.78 is 0. The number of aromatic nitrogens is 2. The third-order valence-corrected chi connectivity index (χ3v) is 4.57. The molecule has 1 aromatic carbocycles. The molecule has 0 aliphatic carbocycles. The topological polar surface area (TPSA) is 104 Å². The van der Waals surface area contributed by atoms with Crippen molar-refractivity contribution in [2.24, 2.45) is 0 Å². The first-order valence-corrected chi connectivity index (χ1v) is 8.72. The molecule has 0 bridgehead atoms. The van der Waals surface area contributed by atoms with E-state index in [2.05, 4.69) is 21.9 Å². The maximum absolute atomic E-state index is 12.0. The lowest BCUT2D eigenvalue weighted by molar-refractivity contribution is -0.126. The maximum atomic E-state index is 12.0. The quantitative estimate of drug-likeness (QED) is 0.573. The van der Waals surface area contributed by atoms with Gasteiger partial charge in [-0.3, -0.25) is 14.5 Å². The van der Waals surface area contributed by atoms with Gasteiger partial charge < -0.3 is 16.0 Å². The van der Waals surface area contributed by atoms with Gasteiger partial charge in [0.05, 0.1) is 0 Å². The molecule has 0 radical (unpaired) electrons. The van der Waals surface area contributed by atoms with Gasteiger partial charge in [-0.15, -0.1) is 0 Å². The summed E-state index contributed by atoms with van der Waals surface area (Å²) in [4.78, 5) is 35.2. The summed E-state index contributed by atoms with van der Waals surface area (Å²) in [5.74, 6) is 0.547. The molecule has 1 saturated heterocycles. The molecule has 1 aromatic heterocycles. The average Bonchev–Trinajstić information content (AvgIpc) is 3.17. The number of hydrogen-bond acceptors (Lipinski definition) is 6. The number of carbonyl (C=O) groups is 2. The zero-order chi connectivity index (χ0) is 19.2. The summed E-state index contributed by atoms with van der Waals surface area (Å²) >= 11 is 0. The zero-order valence-corrected chi connectivity index (χ0v) is 14.9. The van der Waals surface area contributed by atoms with Gasteiger partial charge in [-0.2, -0.15) is 0 Å². The summed E-state index contributed by atoms with van der Waals surface area (Å²) in [5, 5.41) is 3.23. The summed E-state index contributed by atoms with van der Waals surface area (Å²) in [7, 11) is 0. The Balaban J connectivity index is 1.84. The van der Waals surface area contributed by atoms with Crippen molar-refractivity contribution >= 4 is 35.3 Å². The van der Waals surface area contributed by atoms with Crippen LogP contribution in [0.1, 0.15) is 12.8 Å². The average molecular weight is 366 g/mol. The monoisotopic (exact) mass is 366 g/mol. The number of anilines is 4. The number of para-hydroxylation sites is 1. The van der Waals surface area contributed by atoms with Crippen LogP contribution in [0.4, 0.5) is 23.0 Å². The molecule has 0 saturated carbocycles. The molecule has 2 heterocycles. The van der Waals surface area contributed by atoms with Crippen LogP contribution in [-0.2, 0) is 9.59 Å². The molecule has 1 fully saturated rings. The van der Waals surface area contributed by atoms with Gasteiger partial charge in [0.25, 0.3) is 0 Å². The number of benzene rings is 1. The fourth-order valence-electron chi connectivity index (χ4n) is 3.26. The van der Waals surface area contributed by atoms with Crippen molar-refractivity contribution < 1.29 is 9.59 Å². The fourth-order valence-corrected chi connectivity index (χ4v) is 3.26. The minimum absolute atomic E-state index is 0.0287. The molecule has 8 nitrogen and oxygen atoms in total. The lowest BCUT2D eigenvalue weighted by atomic mass is 10.2. The molecule has 0 unspecified atom stereocenters. The molecule has 1 aliphatic heterocycles. The summed E-state index contributed by atoms with van der Waals surface area (Å²) in [6.07, 6.45) is 5.18. The van der Waals surface area contributed by atoms with E-state index in [0.717, 1.165) is 12.8 Å². The highest BCUT2D eigenvalue weighted by Crippen LogP contribution is 2.33. The molecule has 3 N–H and O–H groups in total. The third kappa shape index (κ3) is 3.89. The number of hydrogen-bond donors (Lipinski definition) is 2. The predicted molar refractivity (Wildman–Crippen MR) is 105 cm³/mol. The van der Waals surface area contributed by atoms with Crippen LogP contribution < -0.4 is 16.0 Å². The van der Waals surface area contributed by atoms with E-state index in [-0.39, 0.29) is 17.8 Å². The molecule has 8 heteroatoms. The molecule has 2 aromatic rings. The van der Waals surface area contributed by atoms with Gasteiger partial charge in [-0.1, -0.05) is 24.8 Å². The van der Waals surface area contributed by atoms with E-state index in [9.17, 15) is 9.59 Å². The number of nitrogens with two attached hydrogens (primary N) is 1. The van der Waals surface area contributed by atoms with Crippen LogP contribution in [-0.4, -0.2) is 46.3 Å². The van der Waals surface area contributed by atoms with Gasteiger partial charge in [0, 0.05) is 24.8 Å². The first-order valence-electron chi connectivity index (χ1n) is 8.72. The molecular formula is C19H22N6O2. The summed E-state index contributed by atoms with van der Waals surface area (Å²) in [6, 6.07) is 9.15. The Morgan fingerprint density at radius 3 is 2.85 bits per heavy atom. The Morgan fingerprint density at radius 1 is 1.37 bits per heavy atom. The van der Waals surface area contributed by atoms with Crippen LogP contribution in [0, 0.1) is 0 Å². The van der Waals surface area contributed by atoms with Crippen molar-refractivity contribution in [3.8, 4) is 0 Å². The molecule has 3 rings (SSSR count). The molecule has 1 aliphatic rings. The van der Waals surface area contributed by atoms with Crippen LogP contribution in [0.2, 0.25) is 0 Å². The van der Waals surface area contributed by atoms with Gasteiger partial charge in [0.2, 0.25) is 12.3 Å². The Hall–Kier alpha value is -3.42. The van der Waals surface area contributed by atoms with Crippen molar-refractivity contribution in [1.82, 2.24) is 14.9 Å². The van der Waals surface area contributed by atoms with Gasteiger partial charge in [0.1, 0.15) is 12.0 Å². The van der Waals surface area contributed by atoms with Gasteiger partial charge in [-0.05, 0) is 31.1 Å². The van der Waals surface area contributed by atoms with E-state index in [0.29, 0.717) is 36.7 Å².